The Kier molecular flexibility index (Phi) is 6.95. The van der Waals surface area contributed by atoms with Gasteiger partial charge in [0.2, 0.25) is 0 Å². The van der Waals surface area contributed by atoms with Gasteiger partial charge in [-0.1, -0.05) is 44.2 Å². The van der Waals surface area contributed by atoms with E-state index in [2.05, 4.69) is 5.32 Å². The molecular formula is C16H17NO4V. The molecule has 1 aromatic rings. The van der Waals surface area contributed by atoms with Gasteiger partial charge >= 0.3 is 27.0 Å². The molecule has 0 heterocycles. The van der Waals surface area contributed by atoms with E-state index in [1.165, 1.54) is 12.3 Å². The Balaban J connectivity index is 0.00000116. The molecule has 0 saturated carbocycles. The second kappa shape index (κ2) is 8.46. The summed E-state index contributed by atoms with van der Waals surface area (Å²) < 4.78 is 8.19. The van der Waals surface area contributed by atoms with Gasteiger partial charge in [-0.3, -0.25) is 4.79 Å². The molecule has 0 fully saturated rings. The molecule has 0 amide bonds. The number of benzene rings is 1. The molecule has 115 valence electrons. The van der Waals surface area contributed by atoms with E-state index in [9.17, 15) is 9.59 Å². The van der Waals surface area contributed by atoms with Crippen LogP contribution in [0.5, 0.6) is 0 Å². The van der Waals surface area contributed by atoms with Gasteiger partial charge in [0.1, 0.15) is 6.04 Å². The monoisotopic (exact) mass is 338 g/mol. The predicted octanol–water partition coefficient (Wildman–Crippen LogP) is 2.20. The number of fused-ring (bicyclic) bond motifs is 1. The molecular weight excluding hydrogens is 321 g/mol. The fourth-order valence-corrected chi connectivity index (χ4v) is 2.15. The van der Waals surface area contributed by atoms with Crippen molar-refractivity contribution in [2.24, 2.45) is 5.92 Å². The average molecular weight is 338 g/mol. The topological polar surface area (TPSA) is 83.5 Å². The summed E-state index contributed by atoms with van der Waals surface area (Å²) in [6, 6.07) is 6.82. The van der Waals surface area contributed by atoms with Gasteiger partial charge in [0.05, 0.1) is 0 Å². The fourth-order valence-electron chi connectivity index (χ4n) is 2.15. The summed E-state index contributed by atoms with van der Waals surface area (Å²) in [7, 11) is 0. The zero-order valence-corrected chi connectivity index (χ0v) is 13.7. The molecule has 2 rings (SSSR count). The zero-order valence-electron chi connectivity index (χ0n) is 12.3. The van der Waals surface area contributed by atoms with E-state index in [-0.39, 0.29) is 11.7 Å². The van der Waals surface area contributed by atoms with Crippen molar-refractivity contribution in [1.82, 2.24) is 5.32 Å². The Bertz CT molecular complexity index is 622. The molecule has 6 heteroatoms. The van der Waals surface area contributed by atoms with E-state index < -0.39 is 12.0 Å². The number of carbonyl (C=O) groups excluding carboxylic acids is 1. The van der Waals surface area contributed by atoms with Crippen molar-refractivity contribution < 1.29 is 35.7 Å². The van der Waals surface area contributed by atoms with E-state index in [1.807, 2.05) is 38.1 Å². The van der Waals surface area contributed by atoms with Crippen LogP contribution < -0.4 is 5.32 Å². The number of aliphatic carboxylic acids is 1. The third-order valence-electron chi connectivity index (χ3n) is 3.27. The number of ketones is 1. The van der Waals surface area contributed by atoms with Crippen molar-refractivity contribution in [3.05, 3.63) is 47.7 Å². The maximum atomic E-state index is 12.0. The van der Waals surface area contributed by atoms with Crippen molar-refractivity contribution in [1.29, 1.82) is 0 Å². The number of carboxylic acid groups (broad SMARTS) is 1. The predicted molar refractivity (Wildman–Crippen MR) is 78.5 cm³/mol. The molecule has 0 saturated heterocycles. The van der Waals surface area contributed by atoms with Gasteiger partial charge in [-0.15, -0.1) is 0 Å². The number of carbonyl (C=O) groups is 2. The van der Waals surface area contributed by atoms with E-state index in [0.717, 1.165) is 28.5 Å². The first-order chi connectivity index (χ1) is 10.5. The minimum absolute atomic E-state index is 0.0752. The maximum absolute atomic E-state index is 12.0. The number of allylic oxidation sites excluding steroid dienone is 2. The Morgan fingerprint density at radius 2 is 1.86 bits per heavy atom. The molecule has 22 heavy (non-hydrogen) atoms. The molecule has 0 aliphatic heterocycles. The number of hydrogen-bond donors (Lipinski definition) is 2. The summed E-state index contributed by atoms with van der Waals surface area (Å²) in [6.45, 7) is 3.64. The second-order valence-electron chi connectivity index (χ2n) is 5.07. The van der Waals surface area contributed by atoms with Crippen LogP contribution in [0.3, 0.4) is 0 Å². The summed E-state index contributed by atoms with van der Waals surface area (Å²) in [5.41, 5.74) is 2.27. The van der Waals surface area contributed by atoms with Gasteiger partial charge in [0.15, 0.2) is 5.78 Å². The molecule has 1 aliphatic carbocycles. The number of rotatable bonds is 4. The Hall–Kier alpha value is -1.98. The van der Waals surface area contributed by atoms with E-state index in [0.29, 0.717) is 5.57 Å². The quantitative estimate of drug-likeness (QED) is 0.823. The van der Waals surface area contributed by atoms with Crippen LogP contribution in [0.2, 0.25) is 0 Å². The molecule has 1 aromatic carbocycles. The third-order valence-corrected chi connectivity index (χ3v) is 3.27. The van der Waals surface area contributed by atoms with Gasteiger partial charge in [-0.25, -0.2) is 4.79 Å². The molecule has 0 bridgehead atoms. The molecule has 0 radical (unpaired) electrons. The van der Waals surface area contributed by atoms with Gasteiger partial charge < -0.3 is 10.4 Å². The summed E-state index contributed by atoms with van der Waals surface area (Å²) in [5.74, 6) is -1.12. The van der Waals surface area contributed by atoms with Crippen LogP contribution in [0.4, 0.5) is 0 Å². The summed E-state index contributed by atoms with van der Waals surface area (Å²) in [4.78, 5) is 23.1. The third kappa shape index (κ3) is 4.26. The van der Waals surface area contributed by atoms with E-state index in [1.54, 1.807) is 6.08 Å². The van der Waals surface area contributed by atoms with Crippen LogP contribution in [0.15, 0.2) is 36.5 Å². The minimum atomic E-state index is -0.927. The van der Waals surface area contributed by atoms with Crippen LogP contribution in [0.1, 0.15) is 25.0 Å². The van der Waals surface area contributed by atoms with Crippen molar-refractivity contribution in [2.45, 2.75) is 19.9 Å². The molecule has 0 spiro atoms. The SMILES string of the molecule is CC(C)[C@H](N/C=C1/C(=O)C=Cc2ccccc21)C(=O)O.[O]=[V]. The Morgan fingerprint density at radius 1 is 1.23 bits per heavy atom. The number of hydrogen-bond acceptors (Lipinski definition) is 4. The molecule has 5 nitrogen and oxygen atoms in total. The summed E-state index contributed by atoms with van der Waals surface area (Å²) in [5, 5.41) is 12.0. The first-order valence-electron chi connectivity index (χ1n) is 6.70. The molecule has 1 atom stereocenters. The zero-order chi connectivity index (χ0) is 16.7. The second-order valence-corrected chi connectivity index (χ2v) is 5.07. The van der Waals surface area contributed by atoms with Crippen LogP contribution in [-0.4, -0.2) is 22.9 Å². The Labute approximate surface area is 138 Å². The van der Waals surface area contributed by atoms with Gasteiger partial charge in [0, 0.05) is 11.8 Å². The van der Waals surface area contributed by atoms with Gasteiger partial charge in [-0.05, 0) is 23.1 Å². The summed E-state index contributed by atoms with van der Waals surface area (Å²) >= 11 is 1.06. The van der Waals surface area contributed by atoms with E-state index >= 15 is 0 Å². The molecule has 0 aromatic heterocycles. The normalized spacial score (nSPS) is 15.7. The van der Waals surface area contributed by atoms with Crippen molar-refractivity contribution in [2.75, 3.05) is 0 Å². The van der Waals surface area contributed by atoms with Crippen molar-refractivity contribution in [3.8, 4) is 0 Å². The number of carboxylic acids is 1. The number of nitrogens with one attached hydrogen (secondary N) is 1. The van der Waals surface area contributed by atoms with Crippen molar-refractivity contribution >= 4 is 23.4 Å². The molecule has 0 unspecified atom stereocenters. The van der Waals surface area contributed by atoms with Crippen LogP contribution in [0.25, 0.3) is 11.6 Å². The van der Waals surface area contributed by atoms with Crippen LogP contribution >= 0.6 is 0 Å². The first-order valence-corrected chi connectivity index (χ1v) is 7.27. The molecule has 1 aliphatic rings. The van der Waals surface area contributed by atoms with Gasteiger partial charge in [0.25, 0.3) is 0 Å². The standard InChI is InChI=1S/C16H17NO3.O.V/c1-10(2)15(16(19)20)17-9-13-12-6-4-3-5-11(12)7-8-14(13)18;;/h3-10,15,17H,1-2H3,(H,19,20);;/b13-9+;;/t15-;;/m0../s1. The molecule has 2 N–H and O–H groups in total. The van der Waals surface area contributed by atoms with Crippen molar-refractivity contribution in [3.63, 3.8) is 0 Å². The van der Waals surface area contributed by atoms with Crippen LogP contribution in [-0.2, 0) is 30.6 Å². The summed E-state index contributed by atoms with van der Waals surface area (Å²) in [6.07, 6.45) is 4.79. The van der Waals surface area contributed by atoms with Gasteiger partial charge in [-0.2, -0.15) is 0 Å². The average Bonchev–Trinajstić information content (AvgIpc) is 2.51. The Morgan fingerprint density at radius 3 is 2.45 bits per heavy atom. The van der Waals surface area contributed by atoms with Crippen LogP contribution in [0, 0.1) is 5.92 Å². The van der Waals surface area contributed by atoms with E-state index in [4.69, 9.17) is 8.78 Å². The fraction of sp³-hybridized carbons (Fsp3) is 0.250. The first kappa shape index (κ1) is 18.1.